The molecule has 4 rings (SSSR count). The second-order valence-corrected chi connectivity index (χ2v) is 6.02. The van der Waals surface area contributed by atoms with Gasteiger partial charge >= 0.3 is 6.01 Å². The molecule has 0 aliphatic carbocycles. The molecule has 128 valence electrons. The van der Waals surface area contributed by atoms with Crippen molar-refractivity contribution in [3.63, 3.8) is 0 Å². The molecule has 26 heavy (non-hydrogen) atoms. The highest BCUT2D eigenvalue weighted by molar-refractivity contribution is 5.93. The lowest BCUT2D eigenvalue weighted by atomic mass is 10.0. The van der Waals surface area contributed by atoms with E-state index in [-0.39, 0.29) is 0 Å². The standard InChI is InChI=1S/C22H18N2O2/c1-15-8-13-20-19(14-15)21(16-6-4-3-5-7-16)24-22(23-20)26-18-11-9-17(25-2)10-12-18/h3-14H,1-2H3. The quantitative estimate of drug-likeness (QED) is 0.498. The van der Waals surface area contributed by atoms with Crippen LogP contribution in [0.15, 0.2) is 72.8 Å². The largest absolute Gasteiger partial charge is 0.497 e. The van der Waals surface area contributed by atoms with Gasteiger partial charge in [0.05, 0.1) is 18.3 Å². The molecule has 3 aromatic carbocycles. The molecule has 0 amide bonds. The highest BCUT2D eigenvalue weighted by Gasteiger charge is 2.11. The predicted octanol–water partition coefficient (Wildman–Crippen LogP) is 5.41. The van der Waals surface area contributed by atoms with E-state index in [9.17, 15) is 0 Å². The Morgan fingerprint density at radius 3 is 2.23 bits per heavy atom. The molecule has 4 nitrogen and oxygen atoms in total. The fourth-order valence-corrected chi connectivity index (χ4v) is 2.83. The summed E-state index contributed by atoms with van der Waals surface area (Å²) in [6.45, 7) is 2.07. The summed E-state index contributed by atoms with van der Waals surface area (Å²) in [7, 11) is 1.64. The number of hydrogen-bond acceptors (Lipinski definition) is 4. The fraction of sp³-hybridized carbons (Fsp3) is 0.0909. The third-order valence-electron chi connectivity index (χ3n) is 4.15. The molecule has 0 radical (unpaired) electrons. The van der Waals surface area contributed by atoms with Gasteiger partial charge in [0.15, 0.2) is 0 Å². The van der Waals surface area contributed by atoms with Crippen molar-refractivity contribution < 1.29 is 9.47 Å². The van der Waals surface area contributed by atoms with Crippen LogP contribution in [0, 0.1) is 6.92 Å². The van der Waals surface area contributed by atoms with E-state index in [0.29, 0.717) is 11.8 Å². The number of benzene rings is 3. The summed E-state index contributed by atoms with van der Waals surface area (Å²) in [5.41, 5.74) is 3.92. The van der Waals surface area contributed by atoms with E-state index in [4.69, 9.17) is 9.47 Å². The van der Waals surface area contributed by atoms with Gasteiger partial charge in [-0.3, -0.25) is 0 Å². The number of ether oxygens (including phenoxy) is 2. The first-order valence-corrected chi connectivity index (χ1v) is 8.39. The molecule has 0 atom stereocenters. The number of rotatable bonds is 4. The van der Waals surface area contributed by atoms with E-state index in [1.54, 1.807) is 7.11 Å². The monoisotopic (exact) mass is 342 g/mol. The molecular formula is C22H18N2O2. The zero-order chi connectivity index (χ0) is 17.9. The van der Waals surface area contributed by atoms with Crippen molar-refractivity contribution in [2.24, 2.45) is 0 Å². The number of methoxy groups -OCH3 is 1. The van der Waals surface area contributed by atoms with Crippen LogP contribution >= 0.6 is 0 Å². The van der Waals surface area contributed by atoms with E-state index < -0.39 is 0 Å². The molecule has 1 aromatic heterocycles. The van der Waals surface area contributed by atoms with Gasteiger partial charge in [0.2, 0.25) is 0 Å². The second kappa shape index (κ2) is 6.84. The Kier molecular flexibility index (Phi) is 4.23. The summed E-state index contributed by atoms with van der Waals surface area (Å²) in [6.07, 6.45) is 0. The maximum absolute atomic E-state index is 5.90. The van der Waals surface area contributed by atoms with Crippen LogP contribution in [0.1, 0.15) is 5.56 Å². The van der Waals surface area contributed by atoms with Crippen molar-refractivity contribution in [1.29, 1.82) is 0 Å². The zero-order valence-electron chi connectivity index (χ0n) is 14.6. The number of hydrogen-bond donors (Lipinski definition) is 0. The van der Waals surface area contributed by atoms with Gasteiger partial charge in [-0.25, -0.2) is 0 Å². The average molecular weight is 342 g/mol. The minimum atomic E-state index is 0.324. The van der Waals surface area contributed by atoms with Gasteiger partial charge < -0.3 is 9.47 Å². The molecule has 4 heteroatoms. The SMILES string of the molecule is COc1ccc(Oc2nc(-c3ccccc3)c3cc(C)ccc3n2)cc1. The summed E-state index contributed by atoms with van der Waals surface area (Å²) in [4.78, 5) is 9.26. The Morgan fingerprint density at radius 1 is 0.769 bits per heavy atom. The smallest absolute Gasteiger partial charge is 0.323 e. The first kappa shape index (κ1) is 16.1. The van der Waals surface area contributed by atoms with Crippen LogP contribution in [-0.4, -0.2) is 17.1 Å². The van der Waals surface area contributed by atoms with E-state index in [1.807, 2.05) is 66.7 Å². The maximum atomic E-state index is 5.90. The summed E-state index contributed by atoms with van der Waals surface area (Å²) < 4.78 is 11.1. The molecule has 0 saturated heterocycles. The molecule has 0 N–H and O–H groups in total. The highest BCUT2D eigenvalue weighted by atomic mass is 16.5. The number of nitrogens with zero attached hydrogens (tertiary/aromatic N) is 2. The Balaban J connectivity index is 1.81. The molecule has 4 aromatic rings. The van der Waals surface area contributed by atoms with Crippen LogP contribution in [0.3, 0.4) is 0 Å². The summed E-state index contributed by atoms with van der Waals surface area (Å²) in [5, 5.41) is 1.01. The Labute approximate surface area is 152 Å². The zero-order valence-corrected chi connectivity index (χ0v) is 14.6. The molecule has 0 bridgehead atoms. The molecule has 0 saturated carbocycles. The van der Waals surface area contributed by atoms with Gasteiger partial charge in [-0.15, -0.1) is 0 Å². The second-order valence-electron chi connectivity index (χ2n) is 6.02. The van der Waals surface area contributed by atoms with E-state index in [0.717, 1.165) is 27.9 Å². The molecule has 0 aliphatic heterocycles. The highest BCUT2D eigenvalue weighted by Crippen LogP contribution is 2.30. The Morgan fingerprint density at radius 2 is 1.50 bits per heavy atom. The minimum Gasteiger partial charge on any atom is -0.497 e. The van der Waals surface area contributed by atoms with Crippen molar-refractivity contribution in [3.8, 4) is 28.8 Å². The van der Waals surface area contributed by atoms with E-state index in [1.165, 1.54) is 5.56 Å². The number of aromatic nitrogens is 2. The van der Waals surface area contributed by atoms with Crippen LogP contribution < -0.4 is 9.47 Å². The van der Waals surface area contributed by atoms with Crippen molar-refractivity contribution in [1.82, 2.24) is 9.97 Å². The molecule has 0 fully saturated rings. The third kappa shape index (κ3) is 3.22. The molecule has 0 unspecified atom stereocenters. The lowest BCUT2D eigenvalue weighted by molar-refractivity contribution is 0.411. The van der Waals surface area contributed by atoms with E-state index >= 15 is 0 Å². The lowest BCUT2D eigenvalue weighted by Crippen LogP contribution is -1.96. The molecule has 0 aliphatic rings. The fourth-order valence-electron chi connectivity index (χ4n) is 2.83. The van der Waals surface area contributed by atoms with Gasteiger partial charge in [-0.1, -0.05) is 42.0 Å². The average Bonchev–Trinajstić information content (AvgIpc) is 2.69. The first-order valence-electron chi connectivity index (χ1n) is 8.39. The third-order valence-corrected chi connectivity index (χ3v) is 4.15. The van der Waals surface area contributed by atoms with Crippen LogP contribution in [0.2, 0.25) is 0 Å². The van der Waals surface area contributed by atoms with E-state index in [2.05, 4.69) is 23.0 Å². The molecule has 1 heterocycles. The number of fused-ring (bicyclic) bond motifs is 1. The maximum Gasteiger partial charge on any atom is 0.323 e. The summed E-state index contributed by atoms with van der Waals surface area (Å²) in [5.74, 6) is 1.44. The summed E-state index contributed by atoms with van der Waals surface area (Å²) in [6, 6.07) is 23.9. The van der Waals surface area contributed by atoms with Crippen molar-refractivity contribution in [3.05, 3.63) is 78.4 Å². The van der Waals surface area contributed by atoms with Crippen LogP contribution in [0.4, 0.5) is 0 Å². The molecule has 0 spiro atoms. The number of aryl methyl sites for hydroxylation is 1. The van der Waals surface area contributed by atoms with Crippen molar-refractivity contribution in [2.75, 3.05) is 7.11 Å². The lowest BCUT2D eigenvalue weighted by Gasteiger charge is -2.10. The Hall–Kier alpha value is -3.40. The van der Waals surface area contributed by atoms with Gasteiger partial charge in [0.1, 0.15) is 11.5 Å². The Bertz CT molecular complexity index is 1040. The van der Waals surface area contributed by atoms with Crippen LogP contribution in [0.25, 0.3) is 22.2 Å². The minimum absolute atomic E-state index is 0.324. The van der Waals surface area contributed by atoms with Crippen LogP contribution in [0.5, 0.6) is 17.5 Å². The van der Waals surface area contributed by atoms with Crippen LogP contribution in [-0.2, 0) is 0 Å². The predicted molar refractivity (Wildman–Crippen MR) is 103 cm³/mol. The molecular weight excluding hydrogens is 324 g/mol. The first-order chi connectivity index (χ1) is 12.7. The topological polar surface area (TPSA) is 44.2 Å². The van der Waals surface area contributed by atoms with Gasteiger partial charge in [0, 0.05) is 10.9 Å². The van der Waals surface area contributed by atoms with Gasteiger partial charge in [0.25, 0.3) is 0 Å². The van der Waals surface area contributed by atoms with Gasteiger partial charge in [-0.05, 0) is 43.3 Å². The van der Waals surface area contributed by atoms with Crippen molar-refractivity contribution in [2.45, 2.75) is 6.92 Å². The normalized spacial score (nSPS) is 10.7. The van der Waals surface area contributed by atoms with Gasteiger partial charge in [-0.2, -0.15) is 9.97 Å². The summed E-state index contributed by atoms with van der Waals surface area (Å²) >= 11 is 0. The van der Waals surface area contributed by atoms with Crippen molar-refractivity contribution >= 4 is 10.9 Å².